The summed E-state index contributed by atoms with van der Waals surface area (Å²) in [4.78, 5) is 9.98. The molecule has 2 aromatic rings. The summed E-state index contributed by atoms with van der Waals surface area (Å²) in [5.41, 5.74) is 0.477. The number of hydrogen-bond acceptors (Lipinski definition) is 5. The van der Waals surface area contributed by atoms with Crippen LogP contribution in [0, 0.1) is 10.1 Å². The van der Waals surface area contributed by atoms with Crippen molar-refractivity contribution in [1.82, 2.24) is 4.72 Å². The summed E-state index contributed by atoms with van der Waals surface area (Å²) in [6, 6.07) is 11.4. The van der Waals surface area contributed by atoms with Crippen LogP contribution in [0.5, 0.6) is 5.75 Å². The molecule has 0 aliphatic heterocycles. The standard InChI is InChI=1S/C15H16N2O5S/c1-11(12-6-8-14(22-2)9-7-12)16-23(20,21)15-5-3-4-13(10-15)17(18)19/h3-11,16H,1-2H3. The minimum absolute atomic E-state index is 0.146. The van der Waals surface area contributed by atoms with Gasteiger partial charge in [0.15, 0.2) is 0 Å². The third kappa shape index (κ3) is 4.05. The van der Waals surface area contributed by atoms with Crippen LogP contribution in [0.25, 0.3) is 0 Å². The van der Waals surface area contributed by atoms with E-state index in [1.807, 2.05) is 0 Å². The molecule has 0 aliphatic carbocycles. The van der Waals surface area contributed by atoms with Gasteiger partial charge in [-0.2, -0.15) is 0 Å². The van der Waals surface area contributed by atoms with Crippen molar-refractivity contribution in [3.05, 3.63) is 64.2 Å². The number of methoxy groups -OCH3 is 1. The normalized spacial score (nSPS) is 12.6. The Morgan fingerprint density at radius 3 is 2.39 bits per heavy atom. The number of rotatable bonds is 6. The van der Waals surface area contributed by atoms with E-state index in [4.69, 9.17) is 4.74 Å². The van der Waals surface area contributed by atoms with Crippen molar-refractivity contribution in [3.63, 3.8) is 0 Å². The zero-order valence-corrected chi connectivity index (χ0v) is 13.4. The van der Waals surface area contributed by atoms with Crippen molar-refractivity contribution in [2.45, 2.75) is 17.9 Å². The van der Waals surface area contributed by atoms with Crippen molar-refractivity contribution in [2.75, 3.05) is 7.11 Å². The van der Waals surface area contributed by atoms with E-state index < -0.39 is 21.0 Å². The molecule has 2 aromatic carbocycles. The highest BCUT2D eigenvalue weighted by atomic mass is 32.2. The number of nitro groups is 1. The maximum Gasteiger partial charge on any atom is 0.270 e. The molecule has 1 N–H and O–H groups in total. The summed E-state index contributed by atoms with van der Waals surface area (Å²) in [5, 5.41) is 10.8. The van der Waals surface area contributed by atoms with Crippen LogP contribution in [0.2, 0.25) is 0 Å². The van der Waals surface area contributed by atoms with E-state index in [9.17, 15) is 18.5 Å². The van der Waals surface area contributed by atoms with Crippen LogP contribution in [-0.2, 0) is 10.0 Å². The number of nitrogens with zero attached hydrogens (tertiary/aromatic N) is 1. The van der Waals surface area contributed by atoms with Crippen molar-refractivity contribution in [1.29, 1.82) is 0 Å². The molecule has 2 rings (SSSR count). The van der Waals surface area contributed by atoms with Gasteiger partial charge in [-0.15, -0.1) is 0 Å². The van der Waals surface area contributed by atoms with Crippen molar-refractivity contribution >= 4 is 15.7 Å². The second-order valence-corrected chi connectivity index (χ2v) is 6.58. The van der Waals surface area contributed by atoms with Gasteiger partial charge in [-0.1, -0.05) is 18.2 Å². The number of non-ortho nitro benzene ring substituents is 1. The third-order valence-electron chi connectivity index (χ3n) is 3.29. The fourth-order valence-corrected chi connectivity index (χ4v) is 3.30. The van der Waals surface area contributed by atoms with Gasteiger partial charge in [0, 0.05) is 18.2 Å². The summed E-state index contributed by atoms with van der Waals surface area (Å²) < 4.78 is 32.3. The SMILES string of the molecule is COc1ccc(C(C)NS(=O)(=O)c2cccc([N+](=O)[O-])c2)cc1. The van der Waals surface area contributed by atoms with Crippen LogP contribution < -0.4 is 9.46 Å². The lowest BCUT2D eigenvalue weighted by molar-refractivity contribution is -0.385. The monoisotopic (exact) mass is 336 g/mol. The molecule has 0 aromatic heterocycles. The van der Waals surface area contributed by atoms with E-state index >= 15 is 0 Å². The maximum absolute atomic E-state index is 12.4. The molecule has 1 unspecified atom stereocenters. The van der Waals surface area contributed by atoms with Gasteiger partial charge in [-0.3, -0.25) is 10.1 Å². The maximum atomic E-state index is 12.4. The Morgan fingerprint density at radius 2 is 1.83 bits per heavy atom. The highest BCUT2D eigenvalue weighted by Crippen LogP contribution is 2.21. The van der Waals surface area contributed by atoms with Crippen LogP contribution >= 0.6 is 0 Å². The van der Waals surface area contributed by atoms with Crippen LogP contribution in [0.4, 0.5) is 5.69 Å². The molecule has 7 nitrogen and oxygen atoms in total. The molecule has 0 fully saturated rings. The Hall–Kier alpha value is -2.45. The van der Waals surface area contributed by atoms with Gasteiger partial charge in [0.2, 0.25) is 10.0 Å². The fourth-order valence-electron chi connectivity index (χ4n) is 2.03. The number of sulfonamides is 1. The molecule has 8 heteroatoms. The van der Waals surface area contributed by atoms with Crippen LogP contribution in [0.1, 0.15) is 18.5 Å². The van der Waals surface area contributed by atoms with Gasteiger partial charge < -0.3 is 4.74 Å². The molecule has 0 aliphatic rings. The van der Waals surface area contributed by atoms with E-state index in [0.717, 1.165) is 11.6 Å². The second-order valence-electron chi connectivity index (χ2n) is 4.87. The minimum atomic E-state index is -3.87. The average molecular weight is 336 g/mol. The zero-order valence-electron chi connectivity index (χ0n) is 12.6. The molecule has 0 radical (unpaired) electrons. The molecular weight excluding hydrogens is 320 g/mol. The third-order valence-corrected chi connectivity index (χ3v) is 4.82. The van der Waals surface area contributed by atoms with Crippen LogP contribution in [0.15, 0.2) is 53.4 Å². The fraction of sp³-hybridized carbons (Fsp3) is 0.200. The molecule has 0 saturated heterocycles. The first-order valence-corrected chi connectivity index (χ1v) is 8.22. The van der Waals surface area contributed by atoms with E-state index in [1.54, 1.807) is 38.3 Å². The summed E-state index contributed by atoms with van der Waals surface area (Å²) in [6.45, 7) is 1.69. The predicted molar refractivity (Wildman–Crippen MR) is 84.8 cm³/mol. The second kappa shape index (κ2) is 6.76. The quantitative estimate of drug-likeness (QED) is 0.646. The van der Waals surface area contributed by atoms with E-state index in [2.05, 4.69) is 4.72 Å². The summed E-state index contributed by atoms with van der Waals surface area (Å²) in [5.74, 6) is 0.669. The first kappa shape index (κ1) is 16.9. The molecule has 0 heterocycles. The lowest BCUT2D eigenvalue weighted by Gasteiger charge is -2.15. The Kier molecular flexibility index (Phi) is 4.97. The highest BCUT2D eigenvalue weighted by molar-refractivity contribution is 7.89. The van der Waals surface area contributed by atoms with E-state index in [1.165, 1.54) is 18.2 Å². The Bertz CT molecular complexity index is 803. The smallest absolute Gasteiger partial charge is 0.270 e. The molecule has 0 amide bonds. The van der Waals surface area contributed by atoms with Crippen molar-refractivity contribution in [3.8, 4) is 5.75 Å². The lowest BCUT2D eigenvalue weighted by atomic mass is 10.1. The summed E-state index contributed by atoms with van der Waals surface area (Å²) in [6.07, 6.45) is 0. The number of hydrogen-bond donors (Lipinski definition) is 1. The van der Waals surface area contributed by atoms with Gasteiger partial charge in [-0.25, -0.2) is 13.1 Å². The molecule has 0 spiro atoms. The van der Waals surface area contributed by atoms with Gasteiger partial charge in [-0.05, 0) is 30.7 Å². The molecule has 0 bridgehead atoms. The Morgan fingerprint density at radius 1 is 1.17 bits per heavy atom. The van der Waals surface area contributed by atoms with Crippen LogP contribution in [0.3, 0.4) is 0 Å². The van der Waals surface area contributed by atoms with Gasteiger partial charge >= 0.3 is 0 Å². The number of nitrogens with one attached hydrogen (secondary N) is 1. The zero-order chi connectivity index (χ0) is 17.0. The van der Waals surface area contributed by atoms with Gasteiger partial charge in [0.25, 0.3) is 5.69 Å². The molecule has 1 atom stereocenters. The molecule has 0 saturated carbocycles. The van der Waals surface area contributed by atoms with Gasteiger partial charge in [0.1, 0.15) is 5.75 Å². The lowest BCUT2D eigenvalue weighted by Crippen LogP contribution is -2.26. The van der Waals surface area contributed by atoms with E-state index in [0.29, 0.717) is 5.75 Å². The number of nitro benzene ring substituents is 1. The van der Waals surface area contributed by atoms with Crippen molar-refractivity contribution in [2.24, 2.45) is 0 Å². The summed E-state index contributed by atoms with van der Waals surface area (Å²) >= 11 is 0. The van der Waals surface area contributed by atoms with Crippen LogP contribution in [-0.4, -0.2) is 20.5 Å². The highest BCUT2D eigenvalue weighted by Gasteiger charge is 2.20. The number of ether oxygens (including phenoxy) is 1. The predicted octanol–water partition coefficient (Wildman–Crippen LogP) is 2.64. The van der Waals surface area contributed by atoms with Crippen molar-refractivity contribution < 1.29 is 18.1 Å². The first-order valence-electron chi connectivity index (χ1n) is 6.74. The largest absolute Gasteiger partial charge is 0.497 e. The van der Waals surface area contributed by atoms with E-state index in [-0.39, 0.29) is 10.6 Å². The topological polar surface area (TPSA) is 98.5 Å². The molecule has 122 valence electrons. The Labute approximate surface area is 134 Å². The number of benzene rings is 2. The molecular formula is C15H16N2O5S. The summed E-state index contributed by atoms with van der Waals surface area (Å²) in [7, 11) is -2.32. The van der Waals surface area contributed by atoms with Gasteiger partial charge in [0.05, 0.1) is 16.9 Å². The minimum Gasteiger partial charge on any atom is -0.497 e. The molecule has 23 heavy (non-hydrogen) atoms. The first-order chi connectivity index (χ1) is 10.8. The Balaban J connectivity index is 2.22. The average Bonchev–Trinajstić information content (AvgIpc) is 2.54.